The molecule has 0 spiro atoms. The van der Waals surface area contributed by atoms with Gasteiger partial charge in [-0.2, -0.15) is 0 Å². The van der Waals surface area contributed by atoms with E-state index in [1.807, 2.05) is 30.9 Å². The summed E-state index contributed by atoms with van der Waals surface area (Å²) >= 11 is 5.31. The molecule has 37 heavy (non-hydrogen) atoms. The predicted molar refractivity (Wildman–Crippen MR) is 147 cm³/mol. The second-order valence-electron chi connectivity index (χ2n) is 9.14. The first-order valence-electron chi connectivity index (χ1n) is 11.9. The molecule has 2 heterocycles. The van der Waals surface area contributed by atoms with Crippen LogP contribution in [0.25, 0.3) is 22.6 Å². The Morgan fingerprint density at radius 3 is 2.49 bits per heavy atom. The molecule has 5 rings (SSSR count). The number of carbonyl (C=O) groups is 1. The van der Waals surface area contributed by atoms with Crippen LogP contribution in [0.3, 0.4) is 0 Å². The summed E-state index contributed by atoms with van der Waals surface area (Å²) in [6, 6.07) is 15.9. The fourth-order valence-electron chi connectivity index (χ4n) is 4.60. The van der Waals surface area contributed by atoms with Gasteiger partial charge in [-0.1, -0.05) is 17.2 Å². The molecule has 3 aromatic carbocycles. The number of nitrogens with zero attached hydrogens (tertiary/aromatic N) is 3. The summed E-state index contributed by atoms with van der Waals surface area (Å²) in [5.41, 5.74) is 5.62. The minimum atomic E-state index is -0.534. The molecular weight excluding hydrogens is 490 g/mol. The summed E-state index contributed by atoms with van der Waals surface area (Å²) < 4.78 is 5.92. The number of thiocarbonyl (C=S) groups is 1. The minimum Gasteiger partial charge on any atom is -0.436 e. The SMILES string of the molecule is Cc1cc(C)cc(-c2nc3cc(NC(=S)NC(=O)c4ccc(N5CCCC5)c([N+](=O)[O-])c4)ccc3o2)c1. The van der Waals surface area contributed by atoms with Gasteiger partial charge in [-0.3, -0.25) is 20.2 Å². The highest BCUT2D eigenvalue weighted by molar-refractivity contribution is 7.80. The van der Waals surface area contributed by atoms with Crippen molar-refractivity contribution in [3.8, 4) is 11.5 Å². The molecule has 10 heteroatoms. The number of hydrogen-bond acceptors (Lipinski definition) is 7. The molecule has 4 aromatic rings. The van der Waals surface area contributed by atoms with Gasteiger partial charge in [0.2, 0.25) is 5.89 Å². The van der Waals surface area contributed by atoms with E-state index < -0.39 is 10.8 Å². The molecule has 188 valence electrons. The first kappa shape index (κ1) is 24.4. The van der Waals surface area contributed by atoms with Gasteiger partial charge in [-0.25, -0.2) is 4.98 Å². The van der Waals surface area contributed by atoms with Gasteiger partial charge in [-0.05, 0) is 81.4 Å². The number of anilines is 2. The smallest absolute Gasteiger partial charge is 0.293 e. The van der Waals surface area contributed by atoms with Crippen LogP contribution in [0.15, 0.2) is 59.0 Å². The Bertz CT molecular complexity index is 1520. The molecule has 1 aliphatic heterocycles. The van der Waals surface area contributed by atoms with Crippen molar-refractivity contribution < 1.29 is 14.1 Å². The molecule has 2 N–H and O–H groups in total. The highest BCUT2D eigenvalue weighted by Gasteiger charge is 2.24. The number of rotatable bonds is 5. The van der Waals surface area contributed by atoms with Crippen LogP contribution in [0.1, 0.15) is 34.3 Å². The molecule has 1 fully saturated rings. The number of aromatic nitrogens is 1. The molecule has 1 aliphatic rings. The number of nitrogens with one attached hydrogen (secondary N) is 2. The number of oxazole rings is 1. The van der Waals surface area contributed by atoms with E-state index in [-0.39, 0.29) is 16.4 Å². The molecular formula is C27H25N5O4S. The van der Waals surface area contributed by atoms with Crippen molar-refractivity contribution in [2.24, 2.45) is 0 Å². The maximum Gasteiger partial charge on any atom is 0.293 e. The highest BCUT2D eigenvalue weighted by atomic mass is 32.1. The van der Waals surface area contributed by atoms with E-state index in [1.54, 1.807) is 30.3 Å². The lowest BCUT2D eigenvalue weighted by Gasteiger charge is -2.18. The average Bonchev–Trinajstić information content (AvgIpc) is 3.53. The van der Waals surface area contributed by atoms with Gasteiger partial charge < -0.3 is 14.6 Å². The van der Waals surface area contributed by atoms with Crippen molar-refractivity contribution in [2.75, 3.05) is 23.3 Å². The molecule has 0 bridgehead atoms. The van der Waals surface area contributed by atoms with Gasteiger partial charge in [-0.15, -0.1) is 0 Å². The van der Waals surface area contributed by atoms with Crippen LogP contribution >= 0.6 is 12.2 Å². The van der Waals surface area contributed by atoms with E-state index in [4.69, 9.17) is 16.6 Å². The third kappa shape index (κ3) is 5.29. The van der Waals surface area contributed by atoms with Crippen LogP contribution in [0.5, 0.6) is 0 Å². The van der Waals surface area contributed by atoms with Gasteiger partial charge >= 0.3 is 0 Å². The van der Waals surface area contributed by atoms with E-state index in [0.29, 0.717) is 28.4 Å². The van der Waals surface area contributed by atoms with Gasteiger partial charge in [0.05, 0.1) is 4.92 Å². The third-order valence-electron chi connectivity index (χ3n) is 6.22. The molecule has 0 unspecified atom stereocenters. The average molecular weight is 516 g/mol. The highest BCUT2D eigenvalue weighted by Crippen LogP contribution is 2.32. The van der Waals surface area contributed by atoms with Crippen molar-refractivity contribution in [1.29, 1.82) is 0 Å². The Kier molecular flexibility index (Phi) is 6.58. The number of benzene rings is 3. The van der Waals surface area contributed by atoms with Gasteiger partial charge in [0.1, 0.15) is 11.2 Å². The normalized spacial score (nSPS) is 13.1. The zero-order valence-electron chi connectivity index (χ0n) is 20.4. The van der Waals surface area contributed by atoms with Crippen LogP contribution in [-0.2, 0) is 0 Å². The van der Waals surface area contributed by atoms with E-state index in [9.17, 15) is 14.9 Å². The van der Waals surface area contributed by atoms with Crippen molar-refractivity contribution in [1.82, 2.24) is 10.3 Å². The van der Waals surface area contributed by atoms with Gasteiger partial charge in [0, 0.05) is 36.0 Å². The quantitative estimate of drug-likeness (QED) is 0.196. The zero-order chi connectivity index (χ0) is 26.1. The Labute approximate surface area is 218 Å². The fourth-order valence-corrected chi connectivity index (χ4v) is 4.81. The van der Waals surface area contributed by atoms with Crippen LogP contribution in [0, 0.1) is 24.0 Å². The first-order chi connectivity index (χ1) is 17.8. The Morgan fingerprint density at radius 1 is 1.05 bits per heavy atom. The summed E-state index contributed by atoms with van der Waals surface area (Å²) in [5, 5.41) is 17.3. The van der Waals surface area contributed by atoms with E-state index in [1.165, 1.54) is 6.07 Å². The van der Waals surface area contributed by atoms with E-state index in [2.05, 4.69) is 21.7 Å². The van der Waals surface area contributed by atoms with Crippen LogP contribution < -0.4 is 15.5 Å². The van der Waals surface area contributed by atoms with Gasteiger partial charge in [0.25, 0.3) is 11.6 Å². The van der Waals surface area contributed by atoms with Gasteiger partial charge in [0.15, 0.2) is 10.7 Å². The van der Waals surface area contributed by atoms with E-state index >= 15 is 0 Å². The van der Waals surface area contributed by atoms with Crippen molar-refractivity contribution >= 4 is 51.4 Å². The number of aryl methyl sites for hydroxylation is 2. The Hall–Kier alpha value is -4.31. The molecule has 0 atom stereocenters. The maximum atomic E-state index is 12.8. The molecule has 1 amide bonds. The fraction of sp³-hybridized carbons (Fsp3) is 0.222. The lowest BCUT2D eigenvalue weighted by Crippen LogP contribution is -2.34. The third-order valence-corrected chi connectivity index (χ3v) is 6.43. The molecule has 1 aromatic heterocycles. The predicted octanol–water partition coefficient (Wildman–Crippen LogP) is 5.75. The first-order valence-corrected chi connectivity index (χ1v) is 12.3. The standard InChI is InChI=1S/C27H25N5O4S/c1-16-11-17(2)13-19(12-16)26-29-21-15-20(6-8-24(21)36-26)28-27(37)30-25(33)18-5-7-22(23(14-18)32(34)35)31-9-3-4-10-31/h5-8,11-15H,3-4,9-10H2,1-2H3,(H2,28,30,33,37). The number of nitro benzene ring substituents is 1. The van der Waals surface area contributed by atoms with Crippen molar-refractivity contribution in [3.63, 3.8) is 0 Å². The number of carbonyl (C=O) groups excluding carboxylic acids is 1. The monoisotopic (exact) mass is 515 g/mol. The number of hydrogen-bond donors (Lipinski definition) is 2. The largest absolute Gasteiger partial charge is 0.436 e. The van der Waals surface area contributed by atoms with Crippen molar-refractivity contribution in [3.05, 3.63) is 81.4 Å². The molecule has 0 aliphatic carbocycles. The lowest BCUT2D eigenvalue weighted by atomic mass is 10.1. The zero-order valence-corrected chi connectivity index (χ0v) is 21.2. The Balaban J connectivity index is 1.29. The topological polar surface area (TPSA) is 114 Å². The van der Waals surface area contributed by atoms with Crippen LogP contribution in [0.2, 0.25) is 0 Å². The van der Waals surface area contributed by atoms with Crippen LogP contribution in [-0.4, -0.2) is 34.0 Å². The minimum absolute atomic E-state index is 0.0636. The lowest BCUT2D eigenvalue weighted by molar-refractivity contribution is -0.384. The van der Waals surface area contributed by atoms with Crippen LogP contribution in [0.4, 0.5) is 17.1 Å². The second kappa shape index (κ2) is 9.98. The molecule has 0 saturated carbocycles. The summed E-state index contributed by atoms with van der Waals surface area (Å²) in [6.45, 7) is 5.58. The number of fused-ring (bicyclic) bond motifs is 1. The second-order valence-corrected chi connectivity index (χ2v) is 9.55. The number of nitro groups is 1. The maximum absolute atomic E-state index is 12.8. The molecule has 1 saturated heterocycles. The summed E-state index contributed by atoms with van der Waals surface area (Å²) in [7, 11) is 0. The summed E-state index contributed by atoms with van der Waals surface area (Å²) in [6.07, 6.45) is 1.98. The summed E-state index contributed by atoms with van der Waals surface area (Å²) in [5.74, 6) is -0.0120. The molecule has 0 radical (unpaired) electrons. The molecule has 9 nitrogen and oxygen atoms in total. The summed E-state index contributed by atoms with van der Waals surface area (Å²) in [4.78, 5) is 30.5. The number of amides is 1. The van der Waals surface area contributed by atoms with Crippen molar-refractivity contribution in [2.45, 2.75) is 26.7 Å². The Morgan fingerprint density at radius 2 is 1.78 bits per heavy atom. The van der Waals surface area contributed by atoms with E-state index in [0.717, 1.165) is 42.6 Å².